The van der Waals surface area contributed by atoms with Crippen molar-refractivity contribution in [3.63, 3.8) is 0 Å². The first-order chi connectivity index (χ1) is 18.9. The number of amides is 3. The first-order valence-corrected chi connectivity index (χ1v) is 15.5. The van der Waals surface area contributed by atoms with E-state index in [1.165, 1.54) is 0 Å². The van der Waals surface area contributed by atoms with Gasteiger partial charge in [-0.25, -0.2) is 4.79 Å². The number of hydrogen-bond acceptors (Lipinski definition) is 5. The third-order valence-corrected chi connectivity index (χ3v) is 7.34. The molecule has 0 aromatic heterocycles. The van der Waals surface area contributed by atoms with Crippen LogP contribution in [-0.4, -0.2) is 53.0 Å². The Kier molecular flexibility index (Phi) is 13.0. The molecule has 2 atom stereocenters. The van der Waals surface area contributed by atoms with Crippen molar-refractivity contribution in [1.29, 1.82) is 0 Å². The van der Waals surface area contributed by atoms with Crippen molar-refractivity contribution in [2.24, 2.45) is 0 Å². The number of thioether (sulfide) groups is 1. The van der Waals surface area contributed by atoms with Crippen LogP contribution in [0.15, 0.2) is 42.5 Å². The van der Waals surface area contributed by atoms with Crippen molar-refractivity contribution in [3.8, 4) is 0 Å². The Balaban J connectivity index is 2.56. The van der Waals surface area contributed by atoms with E-state index in [1.807, 2.05) is 69.5 Å². The number of ether oxygens (including phenoxy) is 1. The average molecular weight is 570 g/mol. The molecule has 7 nitrogen and oxygen atoms in total. The number of alkyl carbamates (subject to hydrolysis) is 1. The van der Waals surface area contributed by atoms with Crippen LogP contribution in [-0.2, 0) is 14.3 Å². The first kappa shape index (κ1) is 33.2. The highest BCUT2D eigenvalue weighted by Gasteiger charge is 2.36. The normalized spacial score (nSPS) is 12.8. The summed E-state index contributed by atoms with van der Waals surface area (Å²) < 4.78 is 5.48. The van der Waals surface area contributed by atoms with Gasteiger partial charge in [-0.05, 0) is 94.7 Å². The zero-order valence-electron chi connectivity index (χ0n) is 25.4. The molecule has 2 aromatic carbocycles. The van der Waals surface area contributed by atoms with Crippen molar-refractivity contribution in [1.82, 2.24) is 10.2 Å². The van der Waals surface area contributed by atoms with Gasteiger partial charge < -0.3 is 20.3 Å². The third-order valence-electron chi connectivity index (χ3n) is 6.70. The molecule has 220 valence electrons. The molecule has 0 fully saturated rings. The van der Waals surface area contributed by atoms with Gasteiger partial charge in [-0.15, -0.1) is 0 Å². The number of hydrogen-bond donors (Lipinski definition) is 2. The molecule has 0 bridgehead atoms. The molecule has 0 spiro atoms. The minimum atomic E-state index is -0.875. The van der Waals surface area contributed by atoms with Gasteiger partial charge in [-0.3, -0.25) is 9.59 Å². The summed E-state index contributed by atoms with van der Waals surface area (Å²) in [6.07, 6.45) is 4.36. The van der Waals surface area contributed by atoms with Gasteiger partial charge in [0, 0.05) is 12.2 Å². The van der Waals surface area contributed by atoms with Gasteiger partial charge in [0.05, 0.1) is 0 Å². The van der Waals surface area contributed by atoms with Crippen LogP contribution < -0.4 is 10.6 Å². The summed E-state index contributed by atoms with van der Waals surface area (Å²) in [6, 6.07) is 11.8. The minimum absolute atomic E-state index is 0.289. The molecular formula is C32H47N3O4S. The lowest BCUT2D eigenvalue weighted by molar-refractivity contribution is -0.141. The number of carbonyl (C=O) groups excluding carboxylic acids is 3. The van der Waals surface area contributed by atoms with Crippen LogP contribution >= 0.6 is 11.8 Å². The van der Waals surface area contributed by atoms with Crippen LogP contribution in [0.4, 0.5) is 10.5 Å². The van der Waals surface area contributed by atoms with Crippen molar-refractivity contribution in [2.45, 2.75) is 91.8 Å². The highest BCUT2D eigenvalue weighted by molar-refractivity contribution is 7.98. The fourth-order valence-electron chi connectivity index (χ4n) is 4.36. The van der Waals surface area contributed by atoms with Crippen LogP contribution in [0.1, 0.15) is 81.7 Å². The average Bonchev–Trinajstić information content (AvgIpc) is 2.87. The lowest BCUT2D eigenvalue weighted by Gasteiger charge is -2.35. The standard InChI is InChI=1S/C32H47N3O4S/c1-9-10-13-19-35(30(37)27(18-20-40-8)34-31(38)39-32(5,6)7)28(25-17-16-22(2)24(4)21-25)29(36)33-26-15-12-11-14-23(26)3/h11-12,14-17,21,27-28H,9-10,13,18-20H2,1-8H3,(H,33,36)(H,34,38). The summed E-state index contributed by atoms with van der Waals surface area (Å²) >= 11 is 1.60. The van der Waals surface area contributed by atoms with E-state index in [-0.39, 0.29) is 11.8 Å². The van der Waals surface area contributed by atoms with Gasteiger partial charge in [-0.1, -0.05) is 56.2 Å². The van der Waals surface area contributed by atoms with Crippen molar-refractivity contribution in [2.75, 3.05) is 23.9 Å². The lowest BCUT2D eigenvalue weighted by atomic mass is 9.97. The molecule has 40 heavy (non-hydrogen) atoms. The monoisotopic (exact) mass is 569 g/mol. The summed E-state index contributed by atoms with van der Waals surface area (Å²) in [6.45, 7) is 13.8. The van der Waals surface area contributed by atoms with E-state index in [0.29, 0.717) is 24.4 Å². The summed E-state index contributed by atoms with van der Waals surface area (Å²) in [5.74, 6) is 0.0843. The number of nitrogens with zero attached hydrogens (tertiary/aromatic N) is 1. The van der Waals surface area contributed by atoms with Gasteiger partial charge in [0.25, 0.3) is 5.91 Å². The fourth-order valence-corrected chi connectivity index (χ4v) is 4.83. The maximum atomic E-state index is 14.3. The molecule has 3 amide bonds. The number of nitrogens with one attached hydrogen (secondary N) is 2. The molecule has 0 aliphatic rings. The molecule has 8 heteroatoms. The number of carbonyl (C=O) groups is 3. The predicted molar refractivity (Wildman–Crippen MR) is 166 cm³/mol. The molecular weight excluding hydrogens is 522 g/mol. The van der Waals surface area contributed by atoms with Gasteiger partial charge in [0.15, 0.2) is 0 Å². The predicted octanol–water partition coefficient (Wildman–Crippen LogP) is 6.96. The second kappa shape index (κ2) is 15.7. The Labute approximate surface area is 244 Å². The van der Waals surface area contributed by atoms with Crippen molar-refractivity contribution in [3.05, 3.63) is 64.7 Å². The first-order valence-electron chi connectivity index (χ1n) is 14.1. The van der Waals surface area contributed by atoms with E-state index >= 15 is 0 Å². The molecule has 2 rings (SSSR count). The number of anilines is 1. The molecule has 2 aromatic rings. The number of para-hydroxylation sites is 1. The molecule has 2 N–H and O–H groups in total. The Bertz CT molecular complexity index is 1150. The third kappa shape index (κ3) is 10.2. The zero-order valence-corrected chi connectivity index (χ0v) is 26.2. The van der Waals surface area contributed by atoms with E-state index in [4.69, 9.17) is 4.74 Å². The van der Waals surface area contributed by atoms with E-state index in [0.717, 1.165) is 41.5 Å². The van der Waals surface area contributed by atoms with Gasteiger partial charge >= 0.3 is 6.09 Å². The van der Waals surface area contributed by atoms with E-state index in [2.05, 4.69) is 17.6 Å². The minimum Gasteiger partial charge on any atom is -0.444 e. The summed E-state index contributed by atoms with van der Waals surface area (Å²) in [5, 5.41) is 5.88. The van der Waals surface area contributed by atoms with Crippen LogP contribution in [0.3, 0.4) is 0 Å². The van der Waals surface area contributed by atoms with E-state index < -0.39 is 23.8 Å². The number of unbranched alkanes of at least 4 members (excludes halogenated alkanes) is 2. The summed E-state index contributed by atoms with van der Waals surface area (Å²) in [7, 11) is 0. The molecule has 0 aliphatic carbocycles. The summed E-state index contributed by atoms with van der Waals surface area (Å²) in [4.78, 5) is 42.8. The van der Waals surface area contributed by atoms with Crippen LogP contribution in [0.5, 0.6) is 0 Å². The second-order valence-corrected chi connectivity index (χ2v) is 12.3. The number of benzene rings is 2. The number of rotatable bonds is 13. The van der Waals surface area contributed by atoms with Gasteiger partial charge in [-0.2, -0.15) is 11.8 Å². The topological polar surface area (TPSA) is 87.7 Å². The Morgan fingerprint density at radius 2 is 1.68 bits per heavy atom. The van der Waals surface area contributed by atoms with Crippen LogP contribution in [0.25, 0.3) is 0 Å². The van der Waals surface area contributed by atoms with Crippen LogP contribution in [0.2, 0.25) is 0 Å². The maximum absolute atomic E-state index is 14.3. The van der Waals surface area contributed by atoms with Gasteiger partial charge in [0.1, 0.15) is 17.7 Å². The lowest BCUT2D eigenvalue weighted by Crippen LogP contribution is -2.52. The molecule has 0 saturated carbocycles. The Hall–Kier alpha value is -3.00. The van der Waals surface area contributed by atoms with E-state index in [9.17, 15) is 14.4 Å². The smallest absolute Gasteiger partial charge is 0.408 e. The fraction of sp³-hybridized carbons (Fsp3) is 0.531. The Morgan fingerprint density at radius 1 is 0.975 bits per heavy atom. The maximum Gasteiger partial charge on any atom is 0.408 e. The number of aryl methyl sites for hydroxylation is 3. The molecule has 0 aliphatic heterocycles. The second-order valence-electron chi connectivity index (χ2n) is 11.3. The Morgan fingerprint density at radius 3 is 2.27 bits per heavy atom. The van der Waals surface area contributed by atoms with Crippen molar-refractivity contribution >= 4 is 35.4 Å². The summed E-state index contributed by atoms with van der Waals surface area (Å²) in [5.41, 5.74) is 3.82. The quantitative estimate of drug-likeness (QED) is 0.255. The highest BCUT2D eigenvalue weighted by Crippen LogP contribution is 2.28. The highest BCUT2D eigenvalue weighted by atomic mass is 32.2. The van der Waals surface area contributed by atoms with Crippen molar-refractivity contribution < 1.29 is 19.1 Å². The zero-order chi connectivity index (χ0) is 29.9. The largest absolute Gasteiger partial charge is 0.444 e. The van der Waals surface area contributed by atoms with Crippen LogP contribution in [0, 0.1) is 20.8 Å². The molecule has 0 heterocycles. The SMILES string of the molecule is CCCCCN(C(=O)C(CCSC)NC(=O)OC(C)(C)C)C(C(=O)Nc1ccccc1C)c1ccc(C)c(C)c1. The van der Waals surface area contributed by atoms with E-state index in [1.54, 1.807) is 37.4 Å². The molecule has 0 radical (unpaired) electrons. The molecule has 0 saturated heterocycles. The molecule has 2 unspecified atom stereocenters. The van der Waals surface area contributed by atoms with Gasteiger partial charge in [0.2, 0.25) is 5.91 Å².